The number of hydrogen-bond acceptors (Lipinski definition) is 5. The van der Waals surface area contributed by atoms with Gasteiger partial charge in [0.2, 0.25) is 0 Å². The van der Waals surface area contributed by atoms with Gasteiger partial charge >= 0.3 is 0 Å². The van der Waals surface area contributed by atoms with Crippen molar-refractivity contribution in [3.63, 3.8) is 0 Å². The van der Waals surface area contributed by atoms with E-state index in [1.54, 1.807) is 18.5 Å². The minimum atomic E-state index is -0.216. The van der Waals surface area contributed by atoms with Crippen LogP contribution >= 0.6 is 27.3 Å². The second-order valence-corrected chi connectivity index (χ2v) is 6.61. The van der Waals surface area contributed by atoms with Crippen LogP contribution in [0, 0.1) is 0 Å². The number of para-hydroxylation sites is 1. The number of aliphatic hydroxyl groups excluding tert-OH is 1. The molecule has 2 heterocycles. The minimum absolute atomic E-state index is 0.0887. The van der Waals surface area contributed by atoms with Crippen LogP contribution in [0.3, 0.4) is 0 Å². The van der Waals surface area contributed by atoms with E-state index in [1.807, 2.05) is 24.3 Å². The molecule has 118 valence electrons. The molecule has 3 rings (SSSR count). The number of carbonyl (C=O) groups excluding carboxylic acids is 1. The number of thiophene rings is 1. The molecular formula is C16H13BrN2O3S. The first-order chi connectivity index (χ1) is 11.2. The van der Waals surface area contributed by atoms with Gasteiger partial charge in [0.1, 0.15) is 5.75 Å². The molecule has 0 aliphatic carbocycles. The zero-order valence-electron chi connectivity index (χ0n) is 12.0. The van der Waals surface area contributed by atoms with E-state index < -0.39 is 0 Å². The summed E-state index contributed by atoms with van der Waals surface area (Å²) in [7, 11) is 0. The molecule has 3 aromatic rings. The average molecular weight is 393 g/mol. The first kappa shape index (κ1) is 15.9. The van der Waals surface area contributed by atoms with Crippen molar-refractivity contribution >= 4 is 43.3 Å². The molecule has 0 radical (unpaired) electrons. The molecule has 1 aromatic carbocycles. The average Bonchev–Trinajstić information content (AvgIpc) is 3.00. The lowest BCUT2D eigenvalue weighted by molar-refractivity contribution is 0.0949. The molecule has 0 aliphatic rings. The van der Waals surface area contributed by atoms with Gasteiger partial charge < -0.3 is 15.2 Å². The van der Waals surface area contributed by atoms with Crippen LogP contribution < -0.4 is 10.1 Å². The molecule has 0 unspecified atom stereocenters. The first-order valence-electron chi connectivity index (χ1n) is 6.88. The number of fused-ring (bicyclic) bond motifs is 1. The third-order valence-corrected chi connectivity index (χ3v) is 4.81. The number of halogens is 1. The molecule has 2 N–H and O–H groups in total. The summed E-state index contributed by atoms with van der Waals surface area (Å²) in [6, 6.07) is 9.31. The molecule has 0 atom stereocenters. The Hall–Kier alpha value is -1.96. The summed E-state index contributed by atoms with van der Waals surface area (Å²) in [6.45, 7) is 0.139. The van der Waals surface area contributed by atoms with E-state index in [2.05, 4.69) is 26.2 Å². The molecule has 0 bridgehead atoms. The zero-order chi connectivity index (χ0) is 16.2. The van der Waals surface area contributed by atoms with Crippen LogP contribution in [0.5, 0.6) is 11.5 Å². The molecule has 1 amide bonds. The van der Waals surface area contributed by atoms with Gasteiger partial charge in [-0.05, 0) is 34.1 Å². The standard InChI is InChI=1S/C16H13BrN2O3S/c17-11-3-1-2-4-12(11)22-13-8-18-9-15-10(13)7-14(23-15)16(21)19-5-6-20/h1-4,7-9,20H,5-6H2,(H,19,21). The third-order valence-electron chi connectivity index (χ3n) is 3.09. The Bertz CT molecular complexity index is 850. The Morgan fingerprint density at radius 1 is 1.30 bits per heavy atom. The highest BCUT2D eigenvalue weighted by Gasteiger charge is 2.14. The summed E-state index contributed by atoms with van der Waals surface area (Å²) in [5.74, 6) is 1.05. The normalized spacial score (nSPS) is 10.7. The molecule has 0 saturated heterocycles. The van der Waals surface area contributed by atoms with Crippen LogP contribution in [0.4, 0.5) is 0 Å². The van der Waals surface area contributed by atoms with Crippen molar-refractivity contribution in [2.75, 3.05) is 13.2 Å². The van der Waals surface area contributed by atoms with E-state index in [-0.39, 0.29) is 19.1 Å². The second-order valence-electron chi connectivity index (χ2n) is 4.67. The summed E-state index contributed by atoms with van der Waals surface area (Å²) in [5, 5.41) is 12.3. The molecule has 0 fully saturated rings. The van der Waals surface area contributed by atoms with Crippen molar-refractivity contribution in [2.24, 2.45) is 0 Å². The number of carbonyl (C=O) groups is 1. The van der Waals surface area contributed by atoms with Gasteiger partial charge in [0.25, 0.3) is 5.91 Å². The molecule has 0 aliphatic heterocycles. The smallest absolute Gasteiger partial charge is 0.261 e. The fourth-order valence-corrected chi connectivity index (χ4v) is 3.36. The van der Waals surface area contributed by atoms with Crippen molar-refractivity contribution in [3.8, 4) is 11.5 Å². The van der Waals surface area contributed by atoms with Gasteiger partial charge in [-0.3, -0.25) is 9.78 Å². The molecule has 23 heavy (non-hydrogen) atoms. The Morgan fingerprint density at radius 2 is 2.13 bits per heavy atom. The summed E-state index contributed by atoms with van der Waals surface area (Å²) in [5.41, 5.74) is 0. The fourth-order valence-electron chi connectivity index (χ4n) is 2.03. The Kier molecular flexibility index (Phi) is 4.90. The van der Waals surface area contributed by atoms with E-state index in [4.69, 9.17) is 9.84 Å². The first-order valence-corrected chi connectivity index (χ1v) is 8.49. The van der Waals surface area contributed by atoms with Crippen LogP contribution in [0.2, 0.25) is 0 Å². The number of pyridine rings is 1. The molecule has 0 saturated carbocycles. The highest BCUT2D eigenvalue weighted by Crippen LogP contribution is 2.36. The van der Waals surface area contributed by atoms with Gasteiger partial charge in [-0.15, -0.1) is 11.3 Å². The van der Waals surface area contributed by atoms with Crippen LogP contribution in [-0.4, -0.2) is 29.1 Å². The monoisotopic (exact) mass is 392 g/mol. The SMILES string of the molecule is O=C(NCCO)c1cc2c(Oc3ccccc3Br)cncc2s1. The van der Waals surface area contributed by atoms with E-state index in [0.29, 0.717) is 16.4 Å². The molecule has 5 nitrogen and oxygen atoms in total. The maximum absolute atomic E-state index is 12.0. The summed E-state index contributed by atoms with van der Waals surface area (Å²) < 4.78 is 7.63. The Balaban J connectivity index is 1.94. The van der Waals surface area contributed by atoms with E-state index in [0.717, 1.165) is 14.6 Å². The Morgan fingerprint density at radius 3 is 2.91 bits per heavy atom. The highest BCUT2D eigenvalue weighted by atomic mass is 79.9. The van der Waals surface area contributed by atoms with Crippen LogP contribution in [0.1, 0.15) is 9.67 Å². The zero-order valence-corrected chi connectivity index (χ0v) is 14.4. The number of hydrogen-bond donors (Lipinski definition) is 2. The van der Waals surface area contributed by atoms with E-state index >= 15 is 0 Å². The number of aromatic nitrogens is 1. The van der Waals surface area contributed by atoms with Gasteiger partial charge in [-0.25, -0.2) is 0 Å². The van der Waals surface area contributed by atoms with Crippen molar-refractivity contribution in [1.82, 2.24) is 10.3 Å². The number of nitrogens with zero attached hydrogens (tertiary/aromatic N) is 1. The fraction of sp³-hybridized carbons (Fsp3) is 0.125. The summed E-state index contributed by atoms with van der Waals surface area (Å²) >= 11 is 4.78. The maximum atomic E-state index is 12.0. The van der Waals surface area contributed by atoms with Gasteiger partial charge in [0.15, 0.2) is 5.75 Å². The third kappa shape index (κ3) is 3.52. The van der Waals surface area contributed by atoms with Gasteiger partial charge in [-0.2, -0.15) is 0 Å². The van der Waals surface area contributed by atoms with Crippen LogP contribution in [-0.2, 0) is 0 Å². The largest absolute Gasteiger partial charge is 0.454 e. The van der Waals surface area contributed by atoms with Gasteiger partial charge in [0.05, 0.1) is 26.9 Å². The lowest BCUT2D eigenvalue weighted by atomic mass is 10.2. The van der Waals surface area contributed by atoms with Crippen molar-refractivity contribution in [2.45, 2.75) is 0 Å². The lowest BCUT2D eigenvalue weighted by Crippen LogP contribution is -2.25. The molecular weight excluding hydrogens is 380 g/mol. The second kappa shape index (κ2) is 7.08. The summed E-state index contributed by atoms with van der Waals surface area (Å²) in [6.07, 6.45) is 3.33. The number of benzene rings is 1. The lowest BCUT2D eigenvalue weighted by Gasteiger charge is -2.07. The summed E-state index contributed by atoms with van der Waals surface area (Å²) in [4.78, 5) is 16.7. The number of nitrogens with one attached hydrogen (secondary N) is 1. The maximum Gasteiger partial charge on any atom is 0.261 e. The predicted molar refractivity (Wildman–Crippen MR) is 93.3 cm³/mol. The van der Waals surface area contributed by atoms with E-state index in [9.17, 15) is 4.79 Å². The van der Waals surface area contributed by atoms with Crippen LogP contribution in [0.25, 0.3) is 10.1 Å². The van der Waals surface area contributed by atoms with Crippen molar-refractivity contribution < 1.29 is 14.6 Å². The quantitative estimate of drug-likeness (QED) is 0.695. The topological polar surface area (TPSA) is 71.5 Å². The predicted octanol–water partition coefficient (Wildman–Crippen LogP) is 3.57. The van der Waals surface area contributed by atoms with Crippen LogP contribution in [0.15, 0.2) is 47.2 Å². The number of ether oxygens (including phenoxy) is 1. The van der Waals surface area contributed by atoms with Crippen molar-refractivity contribution in [3.05, 3.63) is 52.1 Å². The number of amides is 1. The highest BCUT2D eigenvalue weighted by molar-refractivity contribution is 9.10. The van der Waals surface area contributed by atoms with E-state index in [1.165, 1.54) is 11.3 Å². The van der Waals surface area contributed by atoms with Gasteiger partial charge in [-0.1, -0.05) is 12.1 Å². The van der Waals surface area contributed by atoms with Gasteiger partial charge in [0, 0.05) is 18.1 Å². The van der Waals surface area contributed by atoms with Crippen molar-refractivity contribution in [1.29, 1.82) is 0 Å². The Labute approximate surface area is 145 Å². The molecule has 7 heteroatoms. The number of aliphatic hydroxyl groups is 1. The number of rotatable bonds is 5. The molecule has 0 spiro atoms. The molecule has 2 aromatic heterocycles. The minimum Gasteiger partial charge on any atom is -0.454 e.